The highest BCUT2D eigenvalue weighted by Gasteiger charge is 2.24. The predicted octanol–water partition coefficient (Wildman–Crippen LogP) is 4.98. The number of hydrogen-bond donors (Lipinski definition) is 0. The molecule has 1 atom stereocenters. The second-order valence-electron chi connectivity index (χ2n) is 8.43. The summed E-state index contributed by atoms with van der Waals surface area (Å²) in [6.07, 6.45) is 1.72. The van der Waals surface area contributed by atoms with Crippen molar-refractivity contribution in [1.29, 1.82) is 0 Å². The lowest BCUT2D eigenvalue weighted by Crippen LogP contribution is -2.23. The molecular weight excluding hydrogens is 374 g/mol. The average Bonchev–Trinajstić information content (AvgIpc) is 3.25. The summed E-state index contributed by atoms with van der Waals surface area (Å²) >= 11 is 0. The Kier molecular flexibility index (Phi) is 5.17. The van der Waals surface area contributed by atoms with Gasteiger partial charge in [-0.05, 0) is 60.3 Å². The van der Waals surface area contributed by atoms with E-state index in [-0.39, 0.29) is 5.78 Å². The molecule has 0 N–H and O–H groups in total. The van der Waals surface area contributed by atoms with E-state index in [1.165, 1.54) is 17.5 Å². The monoisotopic (exact) mass is 401 g/mol. The molecule has 1 unspecified atom stereocenters. The number of hydrogen-bond acceptors (Lipinski definition) is 4. The average molecular weight is 402 g/mol. The van der Waals surface area contributed by atoms with E-state index in [9.17, 15) is 4.79 Å². The first-order chi connectivity index (χ1) is 14.7. The quantitative estimate of drug-likeness (QED) is 0.565. The van der Waals surface area contributed by atoms with Crippen molar-refractivity contribution in [3.05, 3.63) is 71.3 Å². The van der Waals surface area contributed by atoms with Gasteiger partial charge in [0.2, 0.25) is 0 Å². The van der Waals surface area contributed by atoms with Crippen molar-refractivity contribution < 1.29 is 14.3 Å². The molecule has 4 heteroatoms. The van der Waals surface area contributed by atoms with Gasteiger partial charge < -0.3 is 14.4 Å². The van der Waals surface area contributed by atoms with Gasteiger partial charge in [0.05, 0.1) is 0 Å². The fraction of sp³-hybridized carbons (Fsp3) is 0.346. The largest absolute Gasteiger partial charge is 0.486 e. The Bertz CT molecular complexity index is 1070. The molecule has 2 heterocycles. The van der Waals surface area contributed by atoms with Crippen molar-refractivity contribution in [2.24, 2.45) is 0 Å². The molecule has 0 aromatic heterocycles. The van der Waals surface area contributed by atoms with E-state index in [0.717, 1.165) is 47.5 Å². The van der Waals surface area contributed by atoms with Crippen LogP contribution >= 0.6 is 0 Å². The van der Waals surface area contributed by atoms with Gasteiger partial charge in [-0.1, -0.05) is 42.0 Å². The normalized spacial score (nSPS) is 18.6. The molecule has 30 heavy (non-hydrogen) atoms. The highest BCUT2D eigenvalue weighted by atomic mass is 16.6. The number of aryl methyl sites for hydroxylation is 1. The summed E-state index contributed by atoms with van der Waals surface area (Å²) in [5.41, 5.74) is 3.49. The van der Waals surface area contributed by atoms with E-state index in [1.54, 1.807) is 0 Å². The van der Waals surface area contributed by atoms with Gasteiger partial charge in [0.1, 0.15) is 13.2 Å². The number of benzene rings is 3. The lowest BCUT2D eigenvalue weighted by Gasteiger charge is -2.19. The smallest absolute Gasteiger partial charge is 0.164 e. The van der Waals surface area contributed by atoms with E-state index in [1.807, 2.05) is 30.3 Å². The molecule has 0 radical (unpaired) electrons. The third-order valence-corrected chi connectivity index (χ3v) is 6.30. The minimum atomic E-state index is 0.200. The standard InChI is InChI=1S/C26H27NO3/c1-18-2-4-19(5-3-18)22-8-10-27(17-22)11-9-24(28)21-7-6-20-15-25-26(16-23(20)14-21)30-13-12-29-25/h2-7,14-16,22H,8-13,17H2,1H3. The summed E-state index contributed by atoms with van der Waals surface area (Å²) in [5, 5.41) is 2.09. The van der Waals surface area contributed by atoms with Gasteiger partial charge in [-0.25, -0.2) is 0 Å². The topological polar surface area (TPSA) is 38.8 Å². The van der Waals surface area contributed by atoms with Crippen LogP contribution in [0.2, 0.25) is 0 Å². The van der Waals surface area contributed by atoms with Crippen LogP contribution in [-0.4, -0.2) is 43.5 Å². The predicted molar refractivity (Wildman–Crippen MR) is 119 cm³/mol. The molecule has 1 saturated heterocycles. The maximum absolute atomic E-state index is 12.8. The number of carbonyl (C=O) groups excluding carboxylic acids is 1. The van der Waals surface area contributed by atoms with Crippen LogP contribution in [0.1, 0.15) is 40.2 Å². The zero-order valence-electron chi connectivity index (χ0n) is 17.4. The Hall–Kier alpha value is -2.85. The maximum atomic E-state index is 12.8. The van der Waals surface area contributed by atoms with Gasteiger partial charge in [0.25, 0.3) is 0 Å². The first-order valence-corrected chi connectivity index (χ1v) is 10.8. The van der Waals surface area contributed by atoms with Crippen LogP contribution in [0.3, 0.4) is 0 Å². The Morgan fingerprint density at radius 1 is 0.967 bits per heavy atom. The van der Waals surface area contributed by atoms with Crippen molar-refractivity contribution in [3.63, 3.8) is 0 Å². The Balaban J connectivity index is 1.22. The molecule has 154 valence electrons. The van der Waals surface area contributed by atoms with Crippen LogP contribution in [0.15, 0.2) is 54.6 Å². The molecule has 2 aliphatic heterocycles. The van der Waals surface area contributed by atoms with Crippen molar-refractivity contribution in [2.75, 3.05) is 32.8 Å². The number of ether oxygens (including phenoxy) is 2. The highest BCUT2D eigenvalue weighted by Crippen LogP contribution is 2.35. The molecule has 0 amide bonds. The molecule has 2 aliphatic rings. The molecule has 5 rings (SSSR count). The van der Waals surface area contributed by atoms with Crippen molar-refractivity contribution in [2.45, 2.75) is 25.7 Å². The van der Waals surface area contributed by atoms with Crippen LogP contribution in [0.25, 0.3) is 10.8 Å². The molecule has 0 spiro atoms. The summed E-state index contributed by atoms with van der Waals surface area (Å²) in [5.74, 6) is 2.32. The zero-order valence-corrected chi connectivity index (χ0v) is 17.4. The highest BCUT2D eigenvalue weighted by molar-refractivity contribution is 6.00. The Morgan fingerprint density at radius 3 is 2.47 bits per heavy atom. The van der Waals surface area contributed by atoms with E-state index in [0.29, 0.717) is 25.6 Å². The molecular formula is C26H27NO3. The van der Waals surface area contributed by atoms with E-state index in [4.69, 9.17) is 9.47 Å². The van der Waals surface area contributed by atoms with Gasteiger partial charge in [-0.15, -0.1) is 0 Å². The summed E-state index contributed by atoms with van der Waals surface area (Å²) < 4.78 is 11.3. The molecule has 0 saturated carbocycles. The third-order valence-electron chi connectivity index (χ3n) is 6.30. The number of fused-ring (bicyclic) bond motifs is 2. The number of carbonyl (C=O) groups is 1. The number of likely N-dealkylation sites (tertiary alicyclic amines) is 1. The van der Waals surface area contributed by atoms with E-state index in [2.05, 4.69) is 36.1 Å². The second-order valence-corrected chi connectivity index (χ2v) is 8.43. The second kappa shape index (κ2) is 8.11. The van der Waals surface area contributed by atoms with E-state index < -0.39 is 0 Å². The van der Waals surface area contributed by atoms with Crippen molar-refractivity contribution in [3.8, 4) is 11.5 Å². The Labute approximate surface area is 177 Å². The first kappa shape index (κ1) is 19.1. The van der Waals surface area contributed by atoms with Crippen LogP contribution in [0.4, 0.5) is 0 Å². The van der Waals surface area contributed by atoms with E-state index >= 15 is 0 Å². The minimum Gasteiger partial charge on any atom is -0.486 e. The lowest BCUT2D eigenvalue weighted by atomic mass is 9.97. The summed E-state index contributed by atoms with van der Waals surface area (Å²) in [4.78, 5) is 15.3. The molecule has 0 bridgehead atoms. The molecule has 3 aromatic rings. The number of rotatable bonds is 5. The maximum Gasteiger partial charge on any atom is 0.164 e. The van der Waals surface area contributed by atoms with Gasteiger partial charge in [0, 0.05) is 25.1 Å². The summed E-state index contributed by atoms with van der Waals surface area (Å²) in [7, 11) is 0. The van der Waals surface area contributed by atoms with Crippen LogP contribution in [0, 0.1) is 6.92 Å². The SMILES string of the molecule is Cc1ccc(C2CCN(CCC(=O)c3ccc4cc5c(cc4c3)OCCO5)C2)cc1. The zero-order chi connectivity index (χ0) is 20.5. The van der Waals surface area contributed by atoms with Crippen LogP contribution < -0.4 is 9.47 Å². The fourth-order valence-corrected chi connectivity index (χ4v) is 4.51. The number of nitrogens with zero attached hydrogens (tertiary/aromatic N) is 1. The van der Waals surface area contributed by atoms with Crippen LogP contribution in [0.5, 0.6) is 11.5 Å². The molecule has 0 aliphatic carbocycles. The minimum absolute atomic E-state index is 0.200. The summed E-state index contributed by atoms with van der Waals surface area (Å²) in [6, 6.07) is 18.8. The van der Waals surface area contributed by atoms with Gasteiger partial charge in [0.15, 0.2) is 17.3 Å². The Morgan fingerprint density at radius 2 is 1.70 bits per heavy atom. The van der Waals surface area contributed by atoms with Gasteiger partial charge >= 0.3 is 0 Å². The molecule has 1 fully saturated rings. The number of ketones is 1. The molecule has 4 nitrogen and oxygen atoms in total. The van der Waals surface area contributed by atoms with Crippen molar-refractivity contribution in [1.82, 2.24) is 4.90 Å². The fourth-order valence-electron chi connectivity index (χ4n) is 4.51. The third kappa shape index (κ3) is 3.92. The van der Waals surface area contributed by atoms with Gasteiger partial charge in [-0.3, -0.25) is 4.79 Å². The summed E-state index contributed by atoms with van der Waals surface area (Å²) in [6.45, 7) is 6.19. The van der Waals surface area contributed by atoms with Crippen molar-refractivity contribution >= 4 is 16.6 Å². The van der Waals surface area contributed by atoms with Crippen LogP contribution in [-0.2, 0) is 0 Å². The molecule has 3 aromatic carbocycles. The first-order valence-electron chi connectivity index (χ1n) is 10.8. The van der Waals surface area contributed by atoms with Gasteiger partial charge in [-0.2, -0.15) is 0 Å². The number of Topliss-reactive ketones (excluding diaryl/α,β-unsaturated/α-hetero) is 1. The lowest BCUT2D eigenvalue weighted by molar-refractivity contribution is 0.0969.